The molecular formula is C20H22N2O3. The Balaban J connectivity index is 2.30. The molecule has 0 fully saturated rings. The van der Waals surface area contributed by atoms with Crippen LogP contribution in [0.4, 0.5) is 0 Å². The van der Waals surface area contributed by atoms with E-state index >= 15 is 0 Å². The van der Waals surface area contributed by atoms with Crippen molar-refractivity contribution in [2.75, 3.05) is 14.2 Å². The zero-order valence-corrected chi connectivity index (χ0v) is 14.9. The lowest BCUT2D eigenvalue weighted by atomic mass is 10.1. The number of benzene rings is 2. The van der Waals surface area contributed by atoms with Crippen molar-refractivity contribution in [3.63, 3.8) is 0 Å². The molecule has 0 aliphatic rings. The maximum absolute atomic E-state index is 13.0. The third-order valence-electron chi connectivity index (χ3n) is 3.96. The molecule has 0 N–H and O–H groups in total. The molecule has 0 unspecified atom stereocenters. The lowest BCUT2D eigenvalue weighted by molar-refractivity contribution is 0.0687. The third-order valence-corrected chi connectivity index (χ3v) is 3.96. The molecule has 0 aliphatic heterocycles. The van der Waals surface area contributed by atoms with Crippen molar-refractivity contribution >= 4 is 5.91 Å². The summed E-state index contributed by atoms with van der Waals surface area (Å²) in [6, 6.07) is 14.5. The van der Waals surface area contributed by atoms with E-state index in [1.807, 2.05) is 26.0 Å². The molecule has 0 aromatic heterocycles. The molecule has 130 valence electrons. The first-order valence-electron chi connectivity index (χ1n) is 8.02. The molecule has 2 rings (SSSR count). The Labute approximate surface area is 148 Å². The summed E-state index contributed by atoms with van der Waals surface area (Å²) in [4.78, 5) is 14.8. The maximum atomic E-state index is 13.0. The van der Waals surface area contributed by atoms with Crippen molar-refractivity contribution in [2.24, 2.45) is 0 Å². The smallest absolute Gasteiger partial charge is 0.258 e. The van der Waals surface area contributed by atoms with Crippen LogP contribution in [0.25, 0.3) is 0 Å². The minimum Gasteiger partial charge on any atom is -0.497 e. The van der Waals surface area contributed by atoms with Crippen LogP contribution in [0.5, 0.6) is 11.5 Å². The number of carbonyl (C=O) groups excluding carboxylic acids is 1. The summed E-state index contributed by atoms with van der Waals surface area (Å²) in [5.74, 6) is 1.00. The second-order valence-corrected chi connectivity index (χ2v) is 5.90. The third kappa shape index (κ3) is 4.30. The van der Waals surface area contributed by atoms with Crippen molar-refractivity contribution in [3.05, 3.63) is 59.2 Å². The molecule has 0 heterocycles. The van der Waals surface area contributed by atoms with Gasteiger partial charge in [-0.05, 0) is 43.7 Å². The van der Waals surface area contributed by atoms with E-state index < -0.39 is 0 Å². The minimum atomic E-state index is -0.112. The van der Waals surface area contributed by atoms with Gasteiger partial charge in [0.2, 0.25) is 0 Å². The molecule has 0 bridgehead atoms. The van der Waals surface area contributed by atoms with E-state index in [0.29, 0.717) is 29.2 Å². The molecule has 2 aromatic carbocycles. The van der Waals surface area contributed by atoms with Gasteiger partial charge in [0, 0.05) is 18.7 Å². The van der Waals surface area contributed by atoms with Crippen molar-refractivity contribution in [2.45, 2.75) is 26.4 Å². The Morgan fingerprint density at radius 2 is 1.80 bits per heavy atom. The first kappa shape index (κ1) is 18.3. The van der Waals surface area contributed by atoms with Crippen LogP contribution in [0.3, 0.4) is 0 Å². The quantitative estimate of drug-likeness (QED) is 0.807. The Morgan fingerprint density at radius 1 is 1.12 bits per heavy atom. The molecule has 0 saturated carbocycles. The summed E-state index contributed by atoms with van der Waals surface area (Å²) in [5.41, 5.74) is 2.06. The fraction of sp³-hybridized carbons (Fsp3) is 0.300. The summed E-state index contributed by atoms with van der Waals surface area (Å²) in [5, 5.41) is 8.90. The van der Waals surface area contributed by atoms with Crippen LogP contribution in [0.2, 0.25) is 0 Å². The van der Waals surface area contributed by atoms with E-state index in [0.717, 1.165) is 5.56 Å². The molecule has 0 radical (unpaired) electrons. The van der Waals surface area contributed by atoms with Crippen LogP contribution < -0.4 is 9.47 Å². The van der Waals surface area contributed by atoms with Gasteiger partial charge in [-0.25, -0.2) is 0 Å². The van der Waals surface area contributed by atoms with Crippen LogP contribution in [-0.2, 0) is 6.54 Å². The van der Waals surface area contributed by atoms with Crippen molar-refractivity contribution in [1.82, 2.24) is 4.90 Å². The van der Waals surface area contributed by atoms with Gasteiger partial charge in [-0.15, -0.1) is 0 Å². The number of carbonyl (C=O) groups is 1. The molecule has 5 nitrogen and oxygen atoms in total. The van der Waals surface area contributed by atoms with E-state index in [9.17, 15) is 4.79 Å². The van der Waals surface area contributed by atoms with Gasteiger partial charge in [-0.1, -0.05) is 12.1 Å². The molecule has 1 amide bonds. The molecule has 5 heteroatoms. The highest BCUT2D eigenvalue weighted by molar-refractivity contribution is 5.97. The highest BCUT2D eigenvalue weighted by atomic mass is 16.5. The molecule has 25 heavy (non-hydrogen) atoms. The second-order valence-electron chi connectivity index (χ2n) is 5.90. The van der Waals surface area contributed by atoms with Crippen molar-refractivity contribution in [3.8, 4) is 17.6 Å². The number of rotatable bonds is 6. The van der Waals surface area contributed by atoms with E-state index in [2.05, 4.69) is 6.07 Å². The van der Waals surface area contributed by atoms with Gasteiger partial charge >= 0.3 is 0 Å². The summed E-state index contributed by atoms with van der Waals surface area (Å²) in [6.45, 7) is 4.40. The molecule has 0 saturated heterocycles. The molecule has 0 atom stereocenters. The average molecular weight is 338 g/mol. The standard InChI is InChI=1S/C20H22N2O3/c1-14(2)22(13-16-7-5-15(12-21)6-8-16)20(23)18-10-9-17(24-3)11-19(18)25-4/h5-11,14H,13H2,1-4H3. The summed E-state index contributed by atoms with van der Waals surface area (Å²) in [7, 11) is 3.10. The van der Waals surface area contributed by atoms with Crippen LogP contribution in [0.1, 0.15) is 35.3 Å². The number of methoxy groups -OCH3 is 2. The summed E-state index contributed by atoms with van der Waals surface area (Å²) < 4.78 is 10.5. The van der Waals surface area contributed by atoms with Gasteiger partial charge in [0.1, 0.15) is 11.5 Å². The first-order valence-corrected chi connectivity index (χ1v) is 8.02. The van der Waals surface area contributed by atoms with E-state index in [1.165, 1.54) is 7.11 Å². The average Bonchev–Trinajstić information content (AvgIpc) is 2.65. The van der Waals surface area contributed by atoms with Gasteiger partial charge in [0.05, 0.1) is 31.4 Å². The molecular weight excluding hydrogens is 316 g/mol. The maximum Gasteiger partial charge on any atom is 0.258 e. The lowest BCUT2D eigenvalue weighted by Crippen LogP contribution is -2.36. The Hall–Kier alpha value is -3.00. The largest absolute Gasteiger partial charge is 0.497 e. The van der Waals surface area contributed by atoms with E-state index in [1.54, 1.807) is 42.3 Å². The molecule has 0 spiro atoms. The molecule has 2 aromatic rings. The predicted molar refractivity (Wildman–Crippen MR) is 95.7 cm³/mol. The normalized spacial score (nSPS) is 10.2. The number of hydrogen-bond acceptors (Lipinski definition) is 4. The second kappa shape index (κ2) is 8.20. The molecule has 0 aliphatic carbocycles. The summed E-state index contributed by atoms with van der Waals surface area (Å²) in [6.07, 6.45) is 0. The number of ether oxygens (including phenoxy) is 2. The SMILES string of the molecule is COc1ccc(C(=O)N(Cc2ccc(C#N)cc2)C(C)C)c(OC)c1. The zero-order chi connectivity index (χ0) is 18.4. The van der Waals surface area contributed by atoms with Crippen LogP contribution >= 0.6 is 0 Å². The number of nitrogens with zero attached hydrogens (tertiary/aromatic N) is 2. The monoisotopic (exact) mass is 338 g/mol. The lowest BCUT2D eigenvalue weighted by Gasteiger charge is -2.27. The van der Waals surface area contributed by atoms with Gasteiger partial charge in [-0.3, -0.25) is 4.79 Å². The first-order chi connectivity index (χ1) is 12.0. The van der Waals surface area contributed by atoms with Gasteiger partial charge in [0.15, 0.2) is 0 Å². The number of hydrogen-bond donors (Lipinski definition) is 0. The van der Waals surface area contributed by atoms with Gasteiger partial charge in [-0.2, -0.15) is 5.26 Å². The topological polar surface area (TPSA) is 62.6 Å². The van der Waals surface area contributed by atoms with Crippen LogP contribution in [0.15, 0.2) is 42.5 Å². The zero-order valence-electron chi connectivity index (χ0n) is 14.9. The Bertz CT molecular complexity index is 777. The van der Waals surface area contributed by atoms with E-state index in [-0.39, 0.29) is 11.9 Å². The number of nitriles is 1. The fourth-order valence-corrected chi connectivity index (χ4v) is 2.50. The highest BCUT2D eigenvalue weighted by Crippen LogP contribution is 2.27. The number of amides is 1. The van der Waals surface area contributed by atoms with Crippen LogP contribution in [-0.4, -0.2) is 31.1 Å². The predicted octanol–water partition coefficient (Wildman–Crippen LogP) is 3.63. The van der Waals surface area contributed by atoms with Crippen molar-refractivity contribution in [1.29, 1.82) is 5.26 Å². The van der Waals surface area contributed by atoms with Gasteiger partial charge in [0.25, 0.3) is 5.91 Å². The fourth-order valence-electron chi connectivity index (χ4n) is 2.50. The summed E-state index contributed by atoms with van der Waals surface area (Å²) >= 11 is 0. The minimum absolute atomic E-state index is 0.00921. The Kier molecular flexibility index (Phi) is 6.02. The van der Waals surface area contributed by atoms with Crippen molar-refractivity contribution < 1.29 is 14.3 Å². The Morgan fingerprint density at radius 3 is 2.32 bits per heavy atom. The van der Waals surface area contributed by atoms with E-state index in [4.69, 9.17) is 14.7 Å². The van der Waals surface area contributed by atoms with Crippen LogP contribution in [0, 0.1) is 11.3 Å². The highest BCUT2D eigenvalue weighted by Gasteiger charge is 2.22. The van der Waals surface area contributed by atoms with Gasteiger partial charge < -0.3 is 14.4 Å².